The highest BCUT2D eigenvalue weighted by molar-refractivity contribution is 5.81. The highest BCUT2D eigenvalue weighted by atomic mass is 16.2. The number of fused-ring (bicyclic) bond motifs is 3. The molecule has 3 aromatic heterocycles. The zero-order valence-corrected chi connectivity index (χ0v) is 18.0. The van der Waals surface area contributed by atoms with E-state index in [1.165, 1.54) is 11.5 Å². The van der Waals surface area contributed by atoms with Crippen LogP contribution in [0.25, 0.3) is 16.9 Å². The van der Waals surface area contributed by atoms with Gasteiger partial charge in [-0.05, 0) is 40.2 Å². The van der Waals surface area contributed by atoms with Crippen molar-refractivity contribution in [3.05, 3.63) is 68.1 Å². The summed E-state index contributed by atoms with van der Waals surface area (Å²) in [6, 6.07) is 9.18. The number of aromatic nitrogens is 5. The Labute approximate surface area is 173 Å². The van der Waals surface area contributed by atoms with Crippen molar-refractivity contribution in [1.29, 1.82) is 0 Å². The lowest BCUT2D eigenvalue weighted by Gasteiger charge is -2.16. The summed E-state index contributed by atoms with van der Waals surface area (Å²) in [7, 11) is 1.58. The van der Waals surface area contributed by atoms with Crippen molar-refractivity contribution < 1.29 is 4.79 Å². The summed E-state index contributed by atoms with van der Waals surface area (Å²) in [5.74, 6) is 0.342. The van der Waals surface area contributed by atoms with Gasteiger partial charge in [-0.25, -0.2) is 9.36 Å². The molecule has 0 spiro atoms. The van der Waals surface area contributed by atoms with Crippen molar-refractivity contribution in [3.63, 3.8) is 0 Å². The van der Waals surface area contributed by atoms with E-state index in [4.69, 9.17) is 4.98 Å². The molecule has 0 N–H and O–H groups in total. The molecule has 0 bridgehead atoms. The molecule has 0 radical (unpaired) electrons. The molecule has 0 saturated heterocycles. The van der Waals surface area contributed by atoms with E-state index < -0.39 is 17.3 Å². The first-order chi connectivity index (χ1) is 14.2. The Bertz CT molecular complexity index is 1420. The molecule has 0 aliphatic carbocycles. The molecule has 4 rings (SSSR count). The first-order valence-corrected chi connectivity index (χ1v) is 9.93. The van der Waals surface area contributed by atoms with Crippen LogP contribution in [0.2, 0.25) is 0 Å². The minimum Gasteiger partial charge on any atom is -0.307 e. The van der Waals surface area contributed by atoms with Gasteiger partial charge in [-0.15, -0.1) is 0 Å². The molecule has 8 nitrogen and oxygen atoms in total. The van der Waals surface area contributed by atoms with Crippen LogP contribution >= 0.6 is 0 Å². The van der Waals surface area contributed by atoms with Gasteiger partial charge in [0.25, 0.3) is 5.56 Å². The quantitative estimate of drug-likeness (QED) is 0.520. The molecule has 156 valence electrons. The van der Waals surface area contributed by atoms with Gasteiger partial charge < -0.3 is 4.57 Å². The Morgan fingerprint density at radius 1 is 1.00 bits per heavy atom. The van der Waals surface area contributed by atoms with Crippen LogP contribution in [0.1, 0.15) is 49.8 Å². The largest absolute Gasteiger partial charge is 0.333 e. The van der Waals surface area contributed by atoms with Gasteiger partial charge >= 0.3 is 5.69 Å². The van der Waals surface area contributed by atoms with Gasteiger partial charge in [-0.2, -0.15) is 4.98 Å². The third kappa shape index (κ3) is 2.59. The van der Waals surface area contributed by atoms with Gasteiger partial charge in [-0.1, -0.05) is 30.3 Å². The van der Waals surface area contributed by atoms with Crippen LogP contribution < -0.4 is 11.2 Å². The molecule has 0 unspecified atom stereocenters. The maximum absolute atomic E-state index is 13.4. The van der Waals surface area contributed by atoms with Crippen molar-refractivity contribution in [2.75, 3.05) is 0 Å². The van der Waals surface area contributed by atoms with Gasteiger partial charge in [0.2, 0.25) is 5.78 Å². The number of nitrogens with zero attached hydrogens (tertiary/aromatic N) is 5. The molecule has 30 heavy (non-hydrogen) atoms. The Hall–Kier alpha value is -3.42. The summed E-state index contributed by atoms with van der Waals surface area (Å²) in [5.41, 5.74) is 2.53. The van der Waals surface area contributed by atoms with E-state index in [1.807, 2.05) is 32.0 Å². The van der Waals surface area contributed by atoms with Crippen molar-refractivity contribution in [1.82, 2.24) is 23.1 Å². The highest BCUT2D eigenvalue weighted by Gasteiger charge is 2.26. The summed E-state index contributed by atoms with van der Waals surface area (Å²) in [6.07, 6.45) is 0. The van der Waals surface area contributed by atoms with Crippen LogP contribution in [0.15, 0.2) is 39.9 Å². The van der Waals surface area contributed by atoms with Gasteiger partial charge in [0.1, 0.15) is 0 Å². The number of Topliss-reactive ketones (excluding diaryl/α,β-unsaturated/α-hetero) is 1. The summed E-state index contributed by atoms with van der Waals surface area (Å²) in [4.78, 5) is 42.9. The van der Waals surface area contributed by atoms with Crippen molar-refractivity contribution in [2.45, 2.75) is 46.7 Å². The second-order valence-corrected chi connectivity index (χ2v) is 7.85. The highest BCUT2D eigenvalue weighted by Crippen LogP contribution is 2.28. The smallest absolute Gasteiger partial charge is 0.307 e. The average Bonchev–Trinajstić information content (AvgIpc) is 3.22. The summed E-state index contributed by atoms with van der Waals surface area (Å²) in [6.45, 7) is 8.95. The number of imidazole rings is 2. The Morgan fingerprint density at radius 2 is 1.63 bits per heavy atom. The SMILES string of the molecule is CC(=O)[C@@H](C)n1c(=O)c2c(nc3n([C@@H](C)c4ccccc4)c(C)c(C)n23)n(C)c1=O. The Balaban J connectivity index is 2.13. The minimum absolute atomic E-state index is 0.0189. The molecule has 0 fully saturated rings. The number of hydrogen-bond acceptors (Lipinski definition) is 4. The van der Waals surface area contributed by atoms with Crippen molar-refractivity contribution >= 4 is 22.7 Å². The van der Waals surface area contributed by atoms with E-state index in [9.17, 15) is 14.4 Å². The van der Waals surface area contributed by atoms with Crippen LogP contribution in [-0.4, -0.2) is 28.9 Å². The second-order valence-electron chi connectivity index (χ2n) is 7.85. The molecule has 0 aliphatic rings. The monoisotopic (exact) mass is 407 g/mol. The van der Waals surface area contributed by atoms with Gasteiger partial charge in [0.15, 0.2) is 16.9 Å². The molecule has 3 heterocycles. The maximum Gasteiger partial charge on any atom is 0.333 e. The molecule has 0 aliphatic heterocycles. The molecular weight excluding hydrogens is 382 g/mol. The first-order valence-electron chi connectivity index (χ1n) is 9.93. The van der Waals surface area contributed by atoms with Crippen LogP contribution in [0.4, 0.5) is 0 Å². The fourth-order valence-electron chi connectivity index (χ4n) is 4.11. The lowest BCUT2D eigenvalue weighted by molar-refractivity contribution is -0.119. The third-order valence-corrected chi connectivity index (χ3v) is 6.15. The van der Waals surface area contributed by atoms with E-state index in [0.717, 1.165) is 21.5 Å². The zero-order chi connectivity index (χ0) is 21.9. The number of carbonyl (C=O) groups is 1. The van der Waals surface area contributed by atoms with E-state index in [0.29, 0.717) is 16.9 Å². The van der Waals surface area contributed by atoms with Gasteiger partial charge in [0.05, 0.1) is 12.1 Å². The normalized spacial score (nSPS) is 13.8. The lowest BCUT2D eigenvalue weighted by atomic mass is 10.1. The summed E-state index contributed by atoms with van der Waals surface area (Å²) >= 11 is 0. The molecule has 0 saturated carbocycles. The number of ketones is 1. The average molecular weight is 407 g/mol. The van der Waals surface area contributed by atoms with Gasteiger partial charge in [-0.3, -0.25) is 18.6 Å². The predicted octanol–water partition coefficient (Wildman–Crippen LogP) is 2.53. The third-order valence-electron chi connectivity index (χ3n) is 6.15. The number of rotatable bonds is 4. The van der Waals surface area contributed by atoms with E-state index in [1.54, 1.807) is 18.4 Å². The fraction of sp³-hybridized carbons (Fsp3) is 0.364. The van der Waals surface area contributed by atoms with Crippen LogP contribution in [-0.2, 0) is 11.8 Å². The van der Waals surface area contributed by atoms with E-state index >= 15 is 0 Å². The maximum atomic E-state index is 13.4. The number of benzene rings is 1. The number of hydrogen-bond donors (Lipinski definition) is 0. The Morgan fingerprint density at radius 3 is 2.23 bits per heavy atom. The van der Waals surface area contributed by atoms with E-state index in [2.05, 4.69) is 23.6 Å². The number of carbonyl (C=O) groups excluding carboxylic acids is 1. The van der Waals surface area contributed by atoms with Crippen LogP contribution in [0, 0.1) is 13.8 Å². The summed E-state index contributed by atoms with van der Waals surface area (Å²) < 4.78 is 6.24. The van der Waals surface area contributed by atoms with Crippen LogP contribution in [0.3, 0.4) is 0 Å². The molecule has 0 amide bonds. The zero-order valence-electron chi connectivity index (χ0n) is 18.0. The second kappa shape index (κ2) is 6.83. The Kier molecular flexibility index (Phi) is 4.52. The number of aryl methyl sites for hydroxylation is 2. The van der Waals surface area contributed by atoms with Gasteiger partial charge in [0, 0.05) is 18.4 Å². The molecule has 8 heteroatoms. The molecular formula is C22H25N5O3. The fourth-order valence-corrected chi connectivity index (χ4v) is 4.11. The standard InChI is InChI=1S/C22H25N5O3/c1-12-13(2)26-18-19(24(6)22(30)27(20(18)29)14(3)16(5)28)23-21(26)25(12)15(4)17-10-8-7-9-11-17/h7-11,14-15H,1-6H3/t14-,15+/m1/s1. The first kappa shape index (κ1) is 19.9. The lowest BCUT2D eigenvalue weighted by Crippen LogP contribution is -2.42. The molecule has 4 aromatic rings. The summed E-state index contributed by atoms with van der Waals surface area (Å²) in [5, 5.41) is 0. The van der Waals surface area contributed by atoms with Crippen molar-refractivity contribution in [3.8, 4) is 0 Å². The predicted molar refractivity (Wildman–Crippen MR) is 115 cm³/mol. The molecule has 2 atom stereocenters. The van der Waals surface area contributed by atoms with Crippen LogP contribution in [0.5, 0.6) is 0 Å². The molecule has 1 aromatic carbocycles. The minimum atomic E-state index is -0.849. The topological polar surface area (TPSA) is 83.3 Å². The van der Waals surface area contributed by atoms with E-state index in [-0.39, 0.29) is 11.8 Å². The van der Waals surface area contributed by atoms with Crippen molar-refractivity contribution in [2.24, 2.45) is 7.05 Å².